The van der Waals surface area contributed by atoms with Gasteiger partial charge in [0.1, 0.15) is 0 Å². The smallest absolute Gasteiger partial charge is 0.0219 e. The normalized spacial score (nSPS) is 11.5. The number of hydrogen-bond acceptors (Lipinski definition) is 0. The average molecular weight is 318 g/mol. The Bertz CT molecular complexity index is 350. The van der Waals surface area contributed by atoms with Crippen molar-refractivity contribution in [2.45, 2.75) is 103 Å². The number of aromatic nitrogens is 1. The molecule has 0 atom stereocenters. The van der Waals surface area contributed by atoms with Crippen LogP contribution in [0.25, 0.3) is 0 Å². The molecule has 0 N–H and O–H groups in total. The zero-order valence-corrected chi connectivity index (χ0v) is 15.5. The Kier molecular flexibility index (Phi) is 13.9. The van der Waals surface area contributed by atoms with Gasteiger partial charge in [-0.15, -0.1) is 0 Å². The van der Waals surface area contributed by atoms with E-state index in [0.29, 0.717) is 0 Å². The molecule has 0 saturated heterocycles. The minimum atomic E-state index is 1.19. The summed E-state index contributed by atoms with van der Waals surface area (Å²) in [5.41, 5.74) is 0. The van der Waals surface area contributed by atoms with Crippen LogP contribution in [0.3, 0.4) is 0 Å². The Morgan fingerprint density at radius 3 is 1.65 bits per heavy atom. The highest BCUT2D eigenvalue weighted by atomic mass is 14.9. The highest BCUT2D eigenvalue weighted by Gasteiger charge is 1.92. The van der Waals surface area contributed by atoms with Gasteiger partial charge in [0, 0.05) is 18.9 Å². The fourth-order valence-electron chi connectivity index (χ4n) is 3.06. The number of rotatable bonds is 16. The SMILES string of the molecule is CCCCCCCC/C=C\CCCCCCCCn1cccc1. The van der Waals surface area contributed by atoms with E-state index in [4.69, 9.17) is 0 Å². The second-order valence-electron chi connectivity index (χ2n) is 6.86. The minimum Gasteiger partial charge on any atom is -0.354 e. The van der Waals surface area contributed by atoms with Crippen molar-refractivity contribution in [3.8, 4) is 0 Å². The lowest BCUT2D eigenvalue weighted by Crippen LogP contribution is -1.93. The van der Waals surface area contributed by atoms with Crippen molar-refractivity contribution in [1.82, 2.24) is 4.57 Å². The molecule has 0 radical (unpaired) electrons. The van der Waals surface area contributed by atoms with Crippen LogP contribution < -0.4 is 0 Å². The summed E-state index contributed by atoms with van der Waals surface area (Å²) >= 11 is 0. The molecule has 1 rings (SSSR count). The predicted octanol–water partition coefficient (Wildman–Crippen LogP) is 7.53. The maximum absolute atomic E-state index is 2.41. The van der Waals surface area contributed by atoms with Gasteiger partial charge < -0.3 is 4.57 Å². The van der Waals surface area contributed by atoms with Crippen molar-refractivity contribution in [2.75, 3.05) is 0 Å². The van der Waals surface area contributed by atoms with Gasteiger partial charge in [0.2, 0.25) is 0 Å². The van der Waals surface area contributed by atoms with Gasteiger partial charge in [-0.25, -0.2) is 0 Å². The van der Waals surface area contributed by atoms with E-state index in [0.717, 1.165) is 0 Å². The molecular weight excluding hydrogens is 278 g/mol. The van der Waals surface area contributed by atoms with Crippen molar-refractivity contribution in [3.63, 3.8) is 0 Å². The summed E-state index contributed by atoms with van der Waals surface area (Å²) in [5.74, 6) is 0. The van der Waals surface area contributed by atoms with Gasteiger partial charge in [0.05, 0.1) is 0 Å². The first-order chi connectivity index (χ1) is 11.4. The third-order valence-electron chi connectivity index (χ3n) is 4.59. The molecule has 0 fully saturated rings. The number of hydrogen-bond donors (Lipinski definition) is 0. The number of unbranched alkanes of at least 4 members (excludes halogenated alkanes) is 12. The van der Waals surface area contributed by atoms with Crippen molar-refractivity contribution in [2.24, 2.45) is 0 Å². The summed E-state index contributed by atoms with van der Waals surface area (Å²) in [6, 6.07) is 4.22. The van der Waals surface area contributed by atoms with E-state index in [2.05, 4.69) is 48.2 Å². The van der Waals surface area contributed by atoms with Crippen molar-refractivity contribution in [1.29, 1.82) is 0 Å². The molecule has 0 saturated carbocycles. The second-order valence-corrected chi connectivity index (χ2v) is 6.86. The Balaban J connectivity index is 1.73. The zero-order chi connectivity index (χ0) is 16.4. The molecule has 1 aromatic heterocycles. The maximum Gasteiger partial charge on any atom is 0.0219 e. The predicted molar refractivity (Wildman–Crippen MR) is 104 cm³/mol. The van der Waals surface area contributed by atoms with Crippen LogP contribution in [0, 0.1) is 0 Å². The fourth-order valence-corrected chi connectivity index (χ4v) is 3.06. The molecule has 0 aliphatic rings. The van der Waals surface area contributed by atoms with Crippen LogP contribution in [0.15, 0.2) is 36.7 Å². The van der Waals surface area contributed by atoms with E-state index in [1.165, 1.54) is 96.4 Å². The van der Waals surface area contributed by atoms with Crippen LogP contribution in [0.1, 0.15) is 96.8 Å². The van der Waals surface area contributed by atoms with E-state index >= 15 is 0 Å². The van der Waals surface area contributed by atoms with Gasteiger partial charge in [0.25, 0.3) is 0 Å². The lowest BCUT2D eigenvalue weighted by Gasteiger charge is -2.03. The van der Waals surface area contributed by atoms with Gasteiger partial charge in [-0.3, -0.25) is 0 Å². The monoisotopic (exact) mass is 317 g/mol. The van der Waals surface area contributed by atoms with Crippen molar-refractivity contribution in [3.05, 3.63) is 36.7 Å². The van der Waals surface area contributed by atoms with Crippen molar-refractivity contribution < 1.29 is 0 Å². The van der Waals surface area contributed by atoms with Gasteiger partial charge >= 0.3 is 0 Å². The fraction of sp³-hybridized carbons (Fsp3) is 0.727. The molecule has 0 unspecified atom stereocenters. The number of nitrogens with zero attached hydrogens (tertiary/aromatic N) is 1. The third-order valence-corrected chi connectivity index (χ3v) is 4.59. The Hall–Kier alpha value is -0.980. The van der Waals surface area contributed by atoms with Gasteiger partial charge in [-0.05, 0) is 44.2 Å². The standard InChI is InChI=1S/C22H39N/c1-2-3-4-5-6-7-8-9-10-11-12-13-14-15-16-17-20-23-21-18-19-22-23/h9-10,18-19,21-22H,2-8,11-17,20H2,1H3/b10-9-. The Morgan fingerprint density at radius 2 is 1.09 bits per heavy atom. The summed E-state index contributed by atoms with van der Waals surface area (Å²) in [5, 5.41) is 0. The molecule has 23 heavy (non-hydrogen) atoms. The highest BCUT2D eigenvalue weighted by Crippen LogP contribution is 2.10. The van der Waals surface area contributed by atoms with E-state index < -0.39 is 0 Å². The summed E-state index contributed by atoms with van der Waals surface area (Å²) in [6.07, 6.45) is 28.5. The molecule has 1 aromatic rings. The molecule has 0 aromatic carbocycles. The third kappa shape index (κ3) is 13.2. The van der Waals surface area contributed by atoms with Crippen LogP contribution in [-0.2, 0) is 6.54 Å². The van der Waals surface area contributed by atoms with E-state index in [1.54, 1.807) is 0 Å². The molecular formula is C22H39N. The topological polar surface area (TPSA) is 4.93 Å². The minimum absolute atomic E-state index is 1.19. The Morgan fingerprint density at radius 1 is 0.609 bits per heavy atom. The first kappa shape index (κ1) is 20.1. The molecule has 0 aliphatic carbocycles. The average Bonchev–Trinajstić information content (AvgIpc) is 3.08. The maximum atomic E-state index is 2.41. The van der Waals surface area contributed by atoms with Crippen LogP contribution in [-0.4, -0.2) is 4.57 Å². The first-order valence-electron chi connectivity index (χ1n) is 10.2. The van der Waals surface area contributed by atoms with E-state index in [1.807, 2.05) is 0 Å². The quantitative estimate of drug-likeness (QED) is 0.219. The Labute approximate surface area is 145 Å². The lowest BCUT2D eigenvalue weighted by molar-refractivity contribution is 0.554. The molecule has 0 aliphatic heterocycles. The molecule has 1 heteroatoms. The number of aryl methyl sites for hydroxylation is 1. The summed E-state index contributed by atoms with van der Waals surface area (Å²) < 4.78 is 2.29. The summed E-state index contributed by atoms with van der Waals surface area (Å²) in [6.45, 7) is 3.47. The largest absolute Gasteiger partial charge is 0.354 e. The van der Waals surface area contributed by atoms with Gasteiger partial charge in [-0.2, -0.15) is 0 Å². The highest BCUT2D eigenvalue weighted by molar-refractivity contribution is 4.89. The lowest BCUT2D eigenvalue weighted by atomic mass is 10.1. The van der Waals surface area contributed by atoms with Crippen LogP contribution in [0.5, 0.6) is 0 Å². The summed E-state index contributed by atoms with van der Waals surface area (Å²) in [7, 11) is 0. The van der Waals surface area contributed by atoms with Gasteiger partial charge in [0.15, 0.2) is 0 Å². The zero-order valence-electron chi connectivity index (χ0n) is 15.5. The second kappa shape index (κ2) is 15.9. The molecule has 132 valence electrons. The molecule has 0 amide bonds. The number of allylic oxidation sites excluding steroid dienone is 2. The van der Waals surface area contributed by atoms with Crippen LogP contribution in [0.4, 0.5) is 0 Å². The van der Waals surface area contributed by atoms with E-state index in [9.17, 15) is 0 Å². The van der Waals surface area contributed by atoms with E-state index in [-0.39, 0.29) is 0 Å². The molecule has 0 spiro atoms. The molecule has 1 nitrogen and oxygen atoms in total. The van der Waals surface area contributed by atoms with Crippen LogP contribution in [0.2, 0.25) is 0 Å². The summed E-state index contributed by atoms with van der Waals surface area (Å²) in [4.78, 5) is 0. The van der Waals surface area contributed by atoms with Crippen molar-refractivity contribution >= 4 is 0 Å². The van der Waals surface area contributed by atoms with Crippen LogP contribution >= 0.6 is 0 Å². The van der Waals surface area contributed by atoms with Gasteiger partial charge in [-0.1, -0.05) is 76.9 Å². The first-order valence-corrected chi connectivity index (χ1v) is 10.2. The molecule has 0 bridgehead atoms. The molecule has 1 heterocycles.